The number of aromatic hydroxyl groups is 2. The van der Waals surface area contributed by atoms with Gasteiger partial charge in [-0.15, -0.1) is 0 Å². The molecule has 0 aliphatic rings. The molecule has 0 radical (unpaired) electrons. The van der Waals surface area contributed by atoms with E-state index < -0.39 is 33.9 Å². The van der Waals surface area contributed by atoms with Gasteiger partial charge in [-0.1, -0.05) is 0 Å². The fraction of sp³-hybridized carbons (Fsp3) is 0.0769. The van der Waals surface area contributed by atoms with Crippen LogP contribution in [0.3, 0.4) is 0 Å². The molecule has 12 heteroatoms. The van der Waals surface area contributed by atoms with Gasteiger partial charge in [0.1, 0.15) is 0 Å². The number of phenols is 2. The van der Waals surface area contributed by atoms with E-state index in [4.69, 9.17) is 7.94 Å². The van der Waals surface area contributed by atoms with Gasteiger partial charge in [-0.05, 0) is 0 Å². The van der Waals surface area contributed by atoms with E-state index in [1.165, 1.54) is 48.5 Å². The molecular formula is C52H48O8P2S2. The van der Waals surface area contributed by atoms with E-state index in [9.17, 15) is 10.2 Å². The first kappa shape index (κ1) is 44.6. The van der Waals surface area contributed by atoms with E-state index in [-0.39, 0.29) is 33.6 Å². The molecule has 8 aromatic carbocycles. The molecule has 8 rings (SSSR count). The van der Waals surface area contributed by atoms with Crippen LogP contribution in [0.4, 0.5) is 0 Å². The second-order valence-corrected chi connectivity index (χ2v) is 28.7. The van der Waals surface area contributed by atoms with Crippen molar-refractivity contribution in [3.63, 3.8) is 0 Å². The van der Waals surface area contributed by atoms with Gasteiger partial charge in [0.2, 0.25) is 0 Å². The predicted molar refractivity (Wildman–Crippen MR) is 262 cm³/mol. The Hall–Kier alpha value is -5.96. The zero-order chi connectivity index (χ0) is 45.1. The molecule has 0 bridgehead atoms. The third-order valence-corrected chi connectivity index (χ3v) is 28.9. The fourth-order valence-corrected chi connectivity index (χ4v) is 27.7. The zero-order valence-electron chi connectivity index (χ0n) is 35.3. The van der Waals surface area contributed by atoms with E-state index in [2.05, 4.69) is 0 Å². The van der Waals surface area contributed by atoms with Crippen molar-refractivity contribution in [2.45, 2.75) is 23.6 Å². The van der Waals surface area contributed by atoms with Gasteiger partial charge in [-0.2, -0.15) is 0 Å². The van der Waals surface area contributed by atoms with Crippen LogP contribution in [0.5, 0.6) is 11.5 Å². The molecule has 0 atom stereocenters. The molecule has 326 valence electrons. The van der Waals surface area contributed by atoms with Crippen molar-refractivity contribution in [3.05, 3.63) is 230 Å². The summed E-state index contributed by atoms with van der Waals surface area (Å²) in [6, 6.07) is 62.6. The van der Waals surface area contributed by atoms with Crippen LogP contribution in [-0.2, 0) is 28.2 Å². The zero-order valence-corrected chi connectivity index (χ0v) is 38.7. The monoisotopic (exact) mass is 926 g/mol. The predicted octanol–water partition coefficient (Wildman–Crippen LogP) is 8.72. The Bertz CT molecular complexity index is 2810. The van der Waals surface area contributed by atoms with E-state index in [0.717, 1.165) is 11.1 Å². The topological polar surface area (TPSA) is 127 Å². The Morgan fingerprint density at radius 1 is 0.344 bits per heavy atom. The van der Waals surface area contributed by atoms with E-state index in [0.29, 0.717) is 31.8 Å². The molecular weight excluding hydrogens is 879 g/mol. The quantitative estimate of drug-likeness (QED) is 0.0979. The molecule has 0 heterocycles. The average Bonchev–Trinajstić information content (AvgIpc) is 3.32. The van der Waals surface area contributed by atoms with Crippen LogP contribution in [0, 0.1) is 13.8 Å². The van der Waals surface area contributed by atoms with E-state index in [1.807, 2.05) is 135 Å². The van der Waals surface area contributed by atoms with Gasteiger partial charge < -0.3 is 0 Å². The van der Waals surface area contributed by atoms with Crippen molar-refractivity contribution in [3.8, 4) is 11.5 Å². The first-order chi connectivity index (χ1) is 30.7. The first-order valence-corrected chi connectivity index (χ1v) is 28.1. The Kier molecular flexibility index (Phi) is 12.0. The molecule has 0 aromatic heterocycles. The van der Waals surface area contributed by atoms with Crippen molar-refractivity contribution in [1.82, 2.24) is 0 Å². The normalized spacial score (nSPS) is 13.5. The molecule has 0 saturated heterocycles. The van der Waals surface area contributed by atoms with Gasteiger partial charge >= 0.3 is 378 Å². The van der Waals surface area contributed by atoms with Crippen molar-refractivity contribution in [2.75, 3.05) is 12.3 Å². The summed E-state index contributed by atoms with van der Waals surface area (Å²) in [6.07, 6.45) is -0.303. The fourth-order valence-electron chi connectivity index (χ4n) is 8.82. The van der Waals surface area contributed by atoms with Crippen LogP contribution >= 0.6 is 13.7 Å². The number of rotatable bonds is 15. The summed E-state index contributed by atoms with van der Waals surface area (Å²) in [5.41, 5.74) is 1.70. The van der Waals surface area contributed by atoms with Crippen LogP contribution in [-0.4, -0.2) is 39.4 Å². The molecule has 8 nitrogen and oxygen atoms in total. The summed E-state index contributed by atoms with van der Waals surface area (Å²) in [5, 5.41) is 24.8. The van der Waals surface area contributed by atoms with Gasteiger partial charge in [0.15, 0.2) is 0 Å². The SMILES string of the molecule is Cc1ccc(S(=O)(=O)OP(CCP(OS(=O)(=O)c2ccc(C)cc2)(c2ccccc2)(c2ccccc2)c2ccc(O)cc2)(c2ccccc2)(c2ccccc2)c2ccc(O)cc2)cc1. The Morgan fingerprint density at radius 2 is 0.578 bits per heavy atom. The molecule has 2 N–H and O–H groups in total. The maximum atomic E-state index is 15.5. The van der Waals surface area contributed by atoms with Crippen molar-refractivity contribution < 1.29 is 35.0 Å². The first-order valence-electron chi connectivity index (χ1n) is 20.6. The van der Waals surface area contributed by atoms with Crippen molar-refractivity contribution in [1.29, 1.82) is 0 Å². The van der Waals surface area contributed by atoms with Crippen LogP contribution < -0.4 is 31.8 Å². The number of phenolic OH excluding ortho intramolecular Hbond substituents is 2. The van der Waals surface area contributed by atoms with E-state index >= 15 is 16.8 Å². The number of aryl methyl sites for hydroxylation is 2. The molecule has 0 aliphatic carbocycles. The summed E-state index contributed by atoms with van der Waals surface area (Å²) in [7, 11) is -9.40. The summed E-state index contributed by atoms with van der Waals surface area (Å²) in [4.78, 5) is -0.142. The molecule has 0 unspecified atom stereocenters. The molecule has 0 amide bonds. The second kappa shape index (κ2) is 17.2. The van der Waals surface area contributed by atoms with Crippen LogP contribution in [0.15, 0.2) is 228 Å². The molecule has 8 aromatic rings. The van der Waals surface area contributed by atoms with Crippen molar-refractivity contribution in [2.24, 2.45) is 0 Å². The molecule has 64 heavy (non-hydrogen) atoms. The molecule has 0 saturated carbocycles. The van der Waals surface area contributed by atoms with Gasteiger partial charge in [0, 0.05) is 0 Å². The average molecular weight is 927 g/mol. The standard InChI is InChI=1S/C52H48O8P2S2/c1-41-23-35-51(36-24-41)63(55,56)59-61(45-15-7-3-8-16-45,46-17-9-4-10-18-46,49-31-27-43(53)28-32-49)39-40-62(47-19-11-5-12-20-47,48-21-13-6-14-22-48,50-33-29-44(54)30-34-50)60-64(57,58)52-37-25-42(2)26-38-52/h3-38,53-54H,39-40H2,1-2H3. The number of benzene rings is 8. The Labute approximate surface area is 375 Å². The second-order valence-electron chi connectivity index (χ2n) is 15.9. The van der Waals surface area contributed by atoms with Gasteiger partial charge in [-0.25, -0.2) is 0 Å². The summed E-state index contributed by atoms with van der Waals surface area (Å²) >= 11 is 0. The summed E-state index contributed by atoms with van der Waals surface area (Å²) in [6.45, 7) is -6.48. The van der Waals surface area contributed by atoms with Crippen LogP contribution in [0.1, 0.15) is 11.1 Å². The Balaban J connectivity index is 1.58. The van der Waals surface area contributed by atoms with Crippen LogP contribution in [0.2, 0.25) is 0 Å². The number of hydrogen-bond donors (Lipinski definition) is 2. The third kappa shape index (κ3) is 7.64. The van der Waals surface area contributed by atoms with E-state index in [1.54, 1.807) is 48.5 Å². The maximum absolute atomic E-state index is 15.5. The molecule has 0 spiro atoms. The molecule has 0 aliphatic heterocycles. The number of hydrogen-bond acceptors (Lipinski definition) is 8. The third-order valence-electron chi connectivity index (χ3n) is 12.1. The van der Waals surface area contributed by atoms with Crippen LogP contribution in [0.25, 0.3) is 0 Å². The molecule has 0 fully saturated rings. The Morgan fingerprint density at radius 3 is 0.828 bits per heavy atom. The van der Waals surface area contributed by atoms with Gasteiger partial charge in [0.05, 0.1) is 0 Å². The van der Waals surface area contributed by atoms with Crippen molar-refractivity contribution >= 4 is 65.7 Å². The van der Waals surface area contributed by atoms with Gasteiger partial charge in [0.25, 0.3) is 0 Å². The minimum atomic E-state index is -5.11. The van der Waals surface area contributed by atoms with Gasteiger partial charge in [-0.3, -0.25) is 0 Å². The summed E-state index contributed by atoms with van der Waals surface area (Å²) in [5.74, 6) is -0.0969. The summed E-state index contributed by atoms with van der Waals surface area (Å²) < 4.78 is 76.5. The minimum absolute atomic E-state index is 0.0484.